The van der Waals surface area contributed by atoms with Crippen molar-refractivity contribution in [2.75, 3.05) is 17.1 Å². The molecule has 2 aromatic carbocycles. The zero-order valence-electron chi connectivity index (χ0n) is 17.8. The van der Waals surface area contributed by atoms with Crippen molar-refractivity contribution in [3.63, 3.8) is 0 Å². The Morgan fingerprint density at radius 1 is 1.07 bits per heavy atom. The number of benzene rings is 2. The van der Waals surface area contributed by atoms with E-state index in [4.69, 9.17) is 0 Å². The van der Waals surface area contributed by atoms with Crippen LogP contribution in [0.5, 0.6) is 0 Å². The van der Waals surface area contributed by atoms with Gasteiger partial charge in [0.15, 0.2) is 0 Å². The highest BCUT2D eigenvalue weighted by atomic mass is 32.2. The molecule has 0 aliphatic rings. The summed E-state index contributed by atoms with van der Waals surface area (Å²) in [6, 6.07) is 16.0. The Kier molecular flexibility index (Phi) is 8.26. The number of carbonyl (C=O) groups excluding carboxylic acids is 1. The topological polar surface area (TPSA) is 66.5 Å². The van der Waals surface area contributed by atoms with E-state index in [1.165, 1.54) is 16.1 Å². The third-order valence-corrected chi connectivity index (χ3v) is 5.97. The van der Waals surface area contributed by atoms with Gasteiger partial charge in [-0.3, -0.25) is 9.10 Å². The number of carbonyl (C=O) groups is 1. The van der Waals surface area contributed by atoms with Crippen molar-refractivity contribution in [2.45, 2.75) is 52.5 Å². The molecule has 0 unspecified atom stereocenters. The lowest BCUT2D eigenvalue weighted by molar-refractivity contribution is -0.121. The largest absolute Gasteiger partial charge is 0.354 e. The highest BCUT2D eigenvalue weighted by Gasteiger charge is 2.18. The van der Waals surface area contributed by atoms with E-state index in [1.54, 1.807) is 0 Å². The van der Waals surface area contributed by atoms with Crippen LogP contribution in [0.4, 0.5) is 5.69 Å². The maximum atomic E-state index is 12.3. The number of amides is 1. The SMILES string of the molecule is Cc1cc(C)cc(N(CCCC(=O)N[C@H](C)CCc2ccccc2)S(C)(=O)=O)c1. The van der Waals surface area contributed by atoms with Crippen LogP contribution >= 0.6 is 0 Å². The van der Waals surface area contributed by atoms with E-state index in [0.717, 1.165) is 24.0 Å². The van der Waals surface area contributed by atoms with E-state index in [2.05, 4.69) is 17.4 Å². The van der Waals surface area contributed by atoms with Crippen LogP contribution in [0.2, 0.25) is 0 Å². The molecule has 0 heterocycles. The number of aryl methyl sites for hydroxylation is 3. The van der Waals surface area contributed by atoms with Crippen molar-refractivity contribution in [2.24, 2.45) is 0 Å². The van der Waals surface area contributed by atoms with Gasteiger partial charge in [-0.05, 0) is 68.9 Å². The minimum atomic E-state index is -3.41. The fraction of sp³-hybridized carbons (Fsp3) is 0.435. The highest BCUT2D eigenvalue weighted by molar-refractivity contribution is 7.92. The number of rotatable bonds is 10. The molecule has 0 radical (unpaired) electrons. The van der Waals surface area contributed by atoms with Gasteiger partial charge in [0.2, 0.25) is 15.9 Å². The average Bonchev–Trinajstić information content (AvgIpc) is 2.62. The van der Waals surface area contributed by atoms with Crippen LogP contribution in [0.25, 0.3) is 0 Å². The first kappa shape index (κ1) is 22.9. The van der Waals surface area contributed by atoms with Gasteiger partial charge in [0.05, 0.1) is 11.9 Å². The van der Waals surface area contributed by atoms with Crippen molar-refractivity contribution in [1.82, 2.24) is 5.32 Å². The molecule has 158 valence electrons. The Morgan fingerprint density at radius 2 is 1.69 bits per heavy atom. The lowest BCUT2D eigenvalue weighted by Crippen LogP contribution is -2.35. The summed E-state index contributed by atoms with van der Waals surface area (Å²) >= 11 is 0. The molecule has 0 spiro atoms. The summed E-state index contributed by atoms with van der Waals surface area (Å²) in [7, 11) is -3.41. The first-order valence-electron chi connectivity index (χ1n) is 10.0. The molecule has 5 nitrogen and oxygen atoms in total. The second-order valence-electron chi connectivity index (χ2n) is 7.78. The van der Waals surface area contributed by atoms with Gasteiger partial charge in [-0.15, -0.1) is 0 Å². The number of hydrogen-bond acceptors (Lipinski definition) is 3. The molecule has 0 bridgehead atoms. The van der Waals surface area contributed by atoms with E-state index in [-0.39, 0.29) is 18.5 Å². The minimum absolute atomic E-state index is 0.0422. The second kappa shape index (κ2) is 10.4. The molecule has 1 atom stereocenters. The molecule has 0 fully saturated rings. The molecule has 0 saturated carbocycles. The summed E-state index contributed by atoms with van der Waals surface area (Å²) in [6.45, 7) is 6.18. The summed E-state index contributed by atoms with van der Waals surface area (Å²) in [6.07, 6.45) is 3.75. The van der Waals surface area contributed by atoms with Crippen LogP contribution in [0.1, 0.15) is 42.9 Å². The maximum Gasteiger partial charge on any atom is 0.232 e. The van der Waals surface area contributed by atoms with Gasteiger partial charge in [-0.25, -0.2) is 8.42 Å². The Balaban J connectivity index is 1.84. The first-order chi connectivity index (χ1) is 13.6. The predicted molar refractivity (Wildman–Crippen MR) is 120 cm³/mol. The first-order valence-corrected chi connectivity index (χ1v) is 11.9. The normalized spacial score (nSPS) is 12.4. The van der Waals surface area contributed by atoms with Crippen molar-refractivity contribution < 1.29 is 13.2 Å². The Morgan fingerprint density at radius 3 is 2.28 bits per heavy atom. The zero-order valence-corrected chi connectivity index (χ0v) is 18.6. The fourth-order valence-corrected chi connectivity index (χ4v) is 4.36. The van der Waals surface area contributed by atoms with Crippen LogP contribution < -0.4 is 9.62 Å². The lowest BCUT2D eigenvalue weighted by atomic mass is 10.1. The zero-order chi connectivity index (χ0) is 21.4. The third-order valence-electron chi connectivity index (χ3n) is 4.78. The van der Waals surface area contributed by atoms with Crippen LogP contribution in [-0.2, 0) is 21.2 Å². The Bertz CT molecular complexity index is 891. The third kappa shape index (κ3) is 7.89. The molecule has 2 aromatic rings. The van der Waals surface area contributed by atoms with Crippen LogP contribution in [0.15, 0.2) is 48.5 Å². The maximum absolute atomic E-state index is 12.3. The van der Waals surface area contributed by atoms with Gasteiger partial charge in [-0.2, -0.15) is 0 Å². The summed E-state index contributed by atoms with van der Waals surface area (Å²) in [5.74, 6) is -0.0422. The van der Waals surface area contributed by atoms with Gasteiger partial charge in [-0.1, -0.05) is 36.4 Å². The summed E-state index contributed by atoms with van der Waals surface area (Å²) in [4.78, 5) is 12.3. The molecule has 0 aromatic heterocycles. The monoisotopic (exact) mass is 416 g/mol. The van der Waals surface area contributed by atoms with Crippen molar-refractivity contribution in [3.8, 4) is 0 Å². The fourth-order valence-electron chi connectivity index (χ4n) is 3.41. The molecule has 1 amide bonds. The second-order valence-corrected chi connectivity index (χ2v) is 9.68. The Labute approximate surface area is 175 Å². The standard InChI is InChI=1S/C23H32N2O3S/c1-18-15-19(2)17-22(16-18)25(29(4,27)28)14-8-11-23(26)24-20(3)12-13-21-9-6-5-7-10-21/h5-7,9-10,15-17,20H,8,11-14H2,1-4H3,(H,24,26)/t20-/m1/s1. The average molecular weight is 417 g/mol. The van der Waals surface area contributed by atoms with Gasteiger partial charge < -0.3 is 5.32 Å². The van der Waals surface area contributed by atoms with E-state index >= 15 is 0 Å². The summed E-state index contributed by atoms with van der Waals surface area (Å²) in [5.41, 5.74) is 3.93. The summed E-state index contributed by atoms with van der Waals surface area (Å²) < 4.78 is 25.9. The van der Waals surface area contributed by atoms with Crippen molar-refractivity contribution >= 4 is 21.6 Å². The molecule has 6 heteroatoms. The van der Waals surface area contributed by atoms with E-state index < -0.39 is 10.0 Å². The number of sulfonamides is 1. The molecule has 0 saturated heterocycles. The minimum Gasteiger partial charge on any atom is -0.354 e. The molecule has 0 aliphatic carbocycles. The van der Waals surface area contributed by atoms with Gasteiger partial charge in [0.1, 0.15) is 0 Å². The lowest BCUT2D eigenvalue weighted by Gasteiger charge is -2.23. The number of nitrogens with one attached hydrogen (secondary N) is 1. The quantitative estimate of drug-likeness (QED) is 0.637. The molecule has 2 rings (SSSR count). The van der Waals surface area contributed by atoms with Gasteiger partial charge in [0.25, 0.3) is 0 Å². The van der Waals surface area contributed by atoms with Crippen molar-refractivity contribution in [1.29, 1.82) is 0 Å². The molecule has 1 N–H and O–H groups in total. The summed E-state index contributed by atoms with van der Waals surface area (Å²) in [5, 5.41) is 3.01. The Hall–Kier alpha value is -2.34. The molecule has 29 heavy (non-hydrogen) atoms. The van der Waals surface area contributed by atoms with E-state index in [1.807, 2.05) is 57.2 Å². The van der Waals surface area contributed by atoms with Crippen LogP contribution in [0.3, 0.4) is 0 Å². The van der Waals surface area contributed by atoms with Crippen molar-refractivity contribution in [3.05, 3.63) is 65.2 Å². The predicted octanol–water partition coefficient (Wildman–Crippen LogP) is 3.99. The smallest absolute Gasteiger partial charge is 0.232 e. The van der Waals surface area contributed by atoms with Crippen LogP contribution in [0, 0.1) is 13.8 Å². The highest BCUT2D eigenvalue weighted by Crippen LogP contribution is 2.21. The van der Waals surface area contributed by atoms with E-state index in [9.17, 15) is 13.2 Å². The van der Waals surface area contributed by atoms with E-state index in [0.29, 0.717) is 18.5 Å². The molecular weight excluding hydrogens is 384 g/mol. The number of anilines is 1. The number of nitrogens with zero attached hydrogens (tertiary/aromatic N) is 1. The van der Waals surface area contributed by atoms with Gasteiger partial charge >= 0.3 is 0 Å². The molecular formula is C23H32N2O3S. The number of hydrogen-bond donors (Lipinski definition) is 1. The van der Waals surface area contributed by atoms with Crippen LogP contribution in [-0.4, -0.2) is 33.2 Å². The molecule has 0 aliphatic heterocycles. The van der Waals surface area contributed by atoms with Gasteiger partial charge in [0, 0.05) is 19.0 Å².